The van der Waals surface area contributed by atoms with Crippen LogP contribution in [-0.4, -0.2) is 19.5 Å². The first-order valence-corrected chi connectivity index (χ1v) is 9.75. The van der Waals surface area contributed by atoms with Crippen molar-refractivity contribution < 1.29 is 18.4 Å². The smallest absolute Gasteiger partial charge is 0.274 e. The quantitative estimate of drug-likeness (QED) is 0.538. The van der Waals surface area contributed by atoms with Gasteiger partial charge in [0.05, 0.1) is 21.2 Å². The predicted octanol–water partition coefficient (Wildman–Crippen LogP) is 3.29. The minimum atomic E-state index is -3.57. The zero-order valence-corrected chi connectivity index (χ0v) is 15.0. The summed E-state index contributed by atoms with van der Waals surface area (Å²) in [5, 5.41) is 8.72. The molecular weight excluding hydrogens is 364 g/mol. The maximum atomic E-state index is 13.0. The van der Waals surface area contributed by atoms with Crippen LogP contribution in [0.3, 0.4) is 0 Å². The molecule has 136 valence electrons. The van der Waals surface area contributed by atoms with E-state index in [4.69, 9.17) is 5.21 Å². The fourth-order valence-electron chi connectivity index (χ4n) is 3.24. The molecule has 0 atom stereocenters. The maximum Gasteiger partial charge on any atom is 0.274 e. The third-order valence-corrected chi connectivity index (χ3v) is 6.40. The number of carbonyl (C=O) groups is 1. The molecule has 7 heteroatoms. The molecule has 4 rings (SSSR count). The molecule has 0 fully saturated rings. The van der Waals surface area contributed by atoms with Gasteiger partial charge in [-0.15, -0.1) is 0 Å². The summed E-state index contributed by atoms with van der Waals surface area (Å²) in [6.45, 7) is 0.435. The average molecular weight is 380 g/mol. The molecule has 0 saturated heterocycles. The van der Waals surface area contributed by atoms with Gasteiger partial charge < -0.3 is 4.90 Å². The summed E-state index contributed by atoms with van der Waals surface area (Å²) in [5.74, 6) is -0.582. The summed E-state index contributed by atoms with van der Waals surface area (Å²) in [4.78, 5) is 14.0. The van der Waals surface area contributed by atoms with Crippen LogP contribution in [0.4, 0.5) is 11.4 Å². The zero-order valence-electron chi connectivity index (χ0n) is 14.2. The maximum absolute atomic E-state index is 13.0. The third-order valence-electron chi connectivity index (χ3n) is 4.55. The number of fused-ring (bicyclic) bond motifs is 2. The van der Waals surface area contributed by atoms with Crippen molar-refractivity contribution >= 4 is 27.1 Å². The topological polar surface area (TPSA) is 86.7 Å². The highest BCUT2D eigenvalue weighted by Crippen LogP contribution is 2.44. The zero-order chi connectivity index (χ0) is 19.0. The highest BCUT2D eigenvalue weighted by molar-refractivity contribution is 7.92. The molecule has 0 saturated carbocycles. The Kier molecular flexibility index (Phi) is 4.18. The summed E-state index contributed by atoms with van der Waals surface area (Å²) in [7, 11) is -3.57. The number of amides is 1. The van der Waals surface area contributed by atoms with Crippen LogP contribution in [0.2, 0.25) is 0 Å². The van der Waals surface area contributed by atoms with E-state index < -0.39 is 15.7 Å². The van der Waals surface area contributed by atoms with Crippen molar-refractivity contribution in [2.24, 2.45) is 0 Å². The molecule has 3 aromatic rings. The Morgan fingerprint density at radius 1 is 0.852 bits per heavy atom. The van der Waals surface area contributed by atoms with Crippen LogP contribution >= 0.6 is 0 Å². The first-order chi connectivity index (χ1) is 13.0. The molecule has 27 heavy (non-hydrogen) atoms. The third kappa shape index (κ3) is 2.87. The van der Waals surface area contributed by atoms with E-state index >= 15 is 0 Å². The van der Waals surface area contributed by atoms with Crippen LogP contribution in [0.1, 0.15) is 15.9 Å². The molecule has 1 amide bonds. The number of anilines is 2. The second kappa shape index (κ2) is 6.53. The summed E-state index contributed by atoms with van der Waals surface area (Å²) in [6.07, 6.45) is 0. The monoisotopic (exact) mass is 380 g/mol. The molecule has 0 aliphatic carbocycles. The number of nitrogens with one attached hydrogen (secondary N) is 1. The Bertz CT molecular complexity index is 1070. The van der Waals surface area contributed by atoms with Gasteiger partial charge in [0, 0.05) is 12.1 Å². The highest BCUT2D eigenvalue weighted by Gasteiger charge is 2.33. The fourth-order valence-corrected chi connectivity index (χ4v) is 4.90. The van der Waals surface area contributed by atoms with Crippen molar-refractivity contribution in [1.82, 2.24) is 5.48 Å². The number of rotatable bonds is 3. The standard InChI is InChI=1S/C20H16N2O4S/c23-20(21-24)15-11-9-14(10-12-15)13-22-16-5-1-3-7-18(16)27(25,26)19-8-4-2-6-17(19)22/h1-12,24H,13H2,(H,21,23). The molecule has 0 aromatic heterocycles. The molecule has 0 unspecified atom stereocenters. The van der Waals surface area contributed by atoms with E-state index in [0.29, 0.717) is 23.5 Å². The molecule has 1 aliphatic rings. The van der Waals surface area contributed by atoms with Gasteiger partial charge in [-0.2, -0.15) is 0 Å². The summed E-state index contributed by atoms with van der Waals surface area (Å²) >= 11 is 0. The normalized spacial score (nSPS) is 14.2. The van der Waals surface area contributed by atoms with Gasteiger partial charge in [0.2, 0.25) is 9.84 Å². The second-order valence-electron chi connectivity index (χ2n) is 6.16. The van der Waals surface area contributed by atoms with Crippen LogP contribution < -0.4 is 10.4 Å². The van der Waals surface area contributed by atoms with Crippen LogP contribution in [0.25, 0.3) is 0 Å². The summed E-state index contributed by atoms with van der Waals surface area (Å²) in [6, 6.07) is 20.6. The van der Waals surface area contributed by atoms with E-state index in [1.165, 1.54) is 0 Å². The van der Waals surface area contributed by atoms with Crippen molar-refractivity contribution in [1.29, 1.82) is 0 Å². The molecule has 0 radical (unpaired) electrons. The predicted molar refractivity (Wildman–Crippen MR) is 99.9 cm³/mol. The number of sulfone groups is 1. The van der Waals surface area contributed by atoms with Gasteiger partial charge in [-0.1, -0.05) is 36.4 Å². The van der Waals surface area contributed by atoms with Gasteiger partial charge in [0.15, 0.2) is 0 Å². The first-order valence-electron chi connectivity index (χ1n) is 8.26. The number of carbonyl (C=O) groups excluding carboxylic acids is 1. The minimum Gasteiger partial charge on any atom is -0.335 e. The van der Waals surface area contributed by atoms with E-state index in [0.717, 1.165) is 5.56 Å². The lowest BCUT2D eigenvalue weighted by Gasteiger charge is -2.33. The molecule has 6 nitrogen and oxygen atoms in total. The number of benzene rings is 3. The van der Waals surface area contributed by atoms with Crippen LogP contribution in [0.5, 0.6) is 0 Å². The molecule has 3 aromatic carbocycles. The Morgan fingerprint density at radius 3 is 1.89 bits per heavy atom. The number of nitrogens with zero attached hydrogens (tertiary/aromatic N) is 1. The van der Waals surface area contributed by atoms with Gasteiger partial charge in [-0.25, -0.2) is 13.9 Å². The number of hydrogen-bond donors (Lipinski definition) is 2. The van der Waals surface area contributed by atoms with Crippen molar-refractivity contribution in [3.63, 3.8) is 0 Å². The van der Waals surface area contributed by atoms with E-state index in [-0.39, 0.29) is 9.79 Å². The average Bonchev–Trinajstić information content (AvgIpc) is 2.71. The molecule has 0 bridgehead atoms. The Labute approximate surface area is 156 Å². The van der Waals surface area contributed by atoms with Crippen molar-refractivity contribution in [2.45, 2.75) is 16.3 Å². The number of para-hydroxylation sites is 2. The Morgan fingerprint density at radius 2 is 1.37 bits per heavy atom. The van der Waals surface area contributed by atoms with Crippen LogP contribution in [0.15, 0.2) is 82.6 Å². The van der Waals surface area contributed by atoms with Gasteiger partial charge >= 0.3 is 0 Å². The van der Waals surface area contributed by atoms with Gasteiger partial charge in [0.25, 0.3) is 5.91 Å². The highest BCUT2D eigenvalue weighted by atomic mass is 32.2. The van der Waals surface area contributed by atoms with Crippen molar-refractivity contribution in [2.75, 3.05) is 4.90 Å². The Hall–Kier alpha value is -3.16. The first kappa shape index (κ1) is 17.3. The minimum absolute atomic E-state index is 0.278. The fraction of sp³-hybridized carbons (Fsp3) is 0.0500. The second-order valence-corrected chi connectivity index (χ2v) is 8.05. The number of hydrogen-bond acceptors (Lipinski definition) is 5. The van der Waals surface area contributed by atoms with E-state index in [1.807, 2.05) is 17.0 Å². The lowest BCUT2D eigenvalue weighted by Crippen LogP contribution is -2.25. The molecule has 1 heterocycles. The largest absolute Gasteiger partial charge is 0.335 e. The SMILES string of the molecule is O=C(NO)c1ccc(CN2c3ccccc3S(=O)(=O)c3ccccc32)cc1. The van der Waals surface area contributed by atoms with Crippen molar-refractivity contribution in [3.05, 3.63) is 83.9 Å². The van der Waals surface area contributed by atoms with Gasteiger partial charge in [-0.05, 0) is 42.0 Å². The Balaban J connectivity index is 1.79. The van der Waals surface area contributed by atoms with Gasteiger partial charge in [0.1, 0.15) is 0 Å². The van der Waals surface area contributed by atoms with Gasteiger partial charge in [-0.3, -0.25) is 10.0 Å². The van der Waals surface area contributed by atoms with Crippen LogP contribution in [0, 0.1) is 0 Å². The summed E-state index contributed by atoms with van der Waals surface area (Å²) in [5.41, 5.74) is 4.07. The molecular formula is C20H16N2O4S. The van der Waals surface area contributed by atoms with E-state index in [1.54, 1.807) is 66.1 Å². The number of hydroxylamine groups is 1. The lowest BCUT2D eigenvalue weighted by atomic mass is 10.1. The lowest BCUT2D eigenvalue weighted by molar-refractivity contribution is 0.0706. The van der Waals surface area contributed by atoms with E-state index in [2.05, 4.69) is 0 Å². The van der Waals surface area contributed by atoms with Crippen molar-refractivity contribution in [3.8, 4) is 0 Å². The molecule has 1 aliphatic heterocycles. The summed E-state index contributed by atoms with van der Waals surface area (Å²) < 4.78 is 25.9. The van der Waals surface area contributed by atoms with E-state index in [9.17, 15) is 13.2 Å². The van der Waals surface area contributed by atoms with Crippen LogP contribution in [-0.2, 0) is 16.4 Å². The molecule has 2 N–H and O–H groups in total. The molecule has 0 spiro atoms.